The summed E-state index contributed by atoms with van der Waals surface area (Å²) in [7, 11) is 0. The van der Waals surface area contributed by atoms with Crippen LogP contribution in [0.4, 0.5) is 0 Å². The van der Waals surface area contributed by atoms with Gasteiger partial charge in [-0.25, -0.2) is 0 Å². The second-order valence-electron chi connectivity index (χ2n) is 2.45. The highest BCUT2D eigenvalue weighted by molar-refractivity contribution is 9.10. The lowest BCUT2D eigenvalue weighted by atomic mass is 10.2. The Hall–Kier alpha value is -0.670. The van der Waals surface area contributed by atoms with Crippen LogP contribution in [-0.2, 0) is 0 Å². The van der Waals surface area contributed by atoms with Gasteiger partial charge in [0.2, 0.25) is 0 Å². The smallest absolute Gasteiger partial charge is 0.151 e. The van der Waals surface area contributed by atoms with Crippen molar-refractivity contribution in [1.29, 1.82) is 0 Å². The van der Waals surface area contributed by atoms with Gasteiger partial charge in [0, 0.05) is 25.5 Å². The molecule has 0 amide bonds. The molecule has 0 fully saturated rings. The molecule has 1 nitrogen and oxygen atoms in total. The first-order valence-corrected chi connectivity index (χ1v) is 5.10. The van der Waals surface area contributed by atoms with Gasteiger partial charge >= 0.3 is 0 Å². The van der Waals surface area contributed by atoms with Crippen LogP contribution in [0.1, 0.15) is 10.4 Å². The number of hydrogen-bond donors (Lipinski definition) is 0. The van der Waals surface area contributed by atoms with Crippen molar-refractivity contribution in [2.75, 3.05) is 0 Å². The Morgan fingerprint density at radius 3 is 3.00 bits per heavy atom. The fraction of sp³-hybridized carbons (Fsp3) is 0. The van der Waals surface area contributed by atoms with Gasteiger partial charge in [0.05, 0.1) is 0 Å². The van der Waals surface area contributed by atoms with E-state index in [1.807, 2.05) is 23.6 Å². The minimum Gasteiger partial charge on any atom is -0.298 e. The van der Waals surface area contributed by atoms with Crippen molar-refractivity contribution in [1.82, 2.24) is 0 Å². The highest BCUT2D eigenvalue weighted by Crippen LogP contribution is 2.27. The molecule has 1 aromatic heterocycles. The van der Waals surface area contributed by atoms with Gasteiger partial charge in [-0.2, -0.15) is 0 Å². The first kappa shape index (κ1) is 7.95. The van der Waals surface area contributed by atoms with Crippen LogP contribution in [0.3, 0.4) is 0 Å². The summed E-state index contributed by atoms with van der Waals surface area (Å²) in [6.07, 6.45) is 0.896. The highest BCUT2D eigenvalue weighted by Gasteiger charge is 2.01. The molecule has 0 radical (unpaired) electrons. The zero-order valence-corrected chi connectivity index (χ0v) is 8.48. The van der Waals surface area contributed by atoms with Gasteiger partial charge in [-0.3, -0.25) is 4.79 Å². The molecular formula is C9H5BrOS. The van der Waals surface area contributed by atoms with Crippen LogP contribution in [0.15, 0.2) is 28.1 Å². The first-order chi connectivity index (χ1) is 5.81. The van der Waals surface area contributed by atoms with Crippen molar-refractivity contribution in [3.05, 3.63) is 33.6 Å². The van der Waals surface area contributed by atoms with E-state index in [9.17, 15) is 4.79 Å². The minimum atomic E-state index is 0.780. The van der Waals surface area contributed by atoms with Gasteiger partial charge in [0.25, 0.3) is 0 Å². The van der Waals surface area contributed by atoms with Gasteiger partial charge in [0.1, 0.15) is 0 Å². The number of carbonyl (C=O) groups is 1. The summed E-state index contributed by atoms with van der Waals surface area (Å²) >= 11 is 4.97. The van der Waals surface area contributed by atoms with Gasteiger partial charge in [-0.1, -0.05) is 22.0 Å². The molecule has 0 saturated carbocycles. The van der Waals surface area contributed by atoms with Gasteiger partial charge in [-0.05, 0) is 12.1 Å². The van der Waals surface area contributed by atoms with Crippen molar-refractivity contribution in [2.24, 2.45) is 0 Å². The van der Waals surface area contributed by atoms with E-state index in [1.165, 1.54) is 0 Å². The molecule has 0 spiro atoms. The molecule has 0 N–H and O–H groups in total. The van der Waals surface area contributed by atoms with Crippen LogP contribution in [0.5, 0.6) is 0 Å². The molecular weight excluding hydrogens is 236 g/mol. The lowest BCUT2D eigenvalue weighted by Gasteiger charge is -1.90. The van der Waals surface area contributed by atoms with Crippen LogP contribution in [0, 0.1) is 0 Å². The topological polar surface area (TPSA) is 17.1 Å². The molecule has 2 aromatic rings. The number of fused-ring (bicyclic) bond motifs is 1. The predicted octanol–water partition coefficient (Wildman–Crippen LogP) is 3.48. The summed E-state index contributed by atoms with van der Waals surface area (Å²) in [5.41, 5.74) is 0.780. The lowest BCUT2D eigenvalue weighted by Crippen LogP contribution is -1.73. The molecule has 0 unspecified atom stereocenters. The van der Waals surface area contributed by atoms with Crippen LogP contribution in [0.25, 0.3) is 10.1 Å². The maximum atomic E-state index is 10.6. The van der Waals surface area contributed by atoms with E-state index in [4.69, 9.17) is 0 Å². The van der Waals surface area contributed by atoms with Crippen molar-refractivity contribution in [3.63, 3.8) is 0 Å². The summed E-state index contributed by atoms with van der Waals surface area (Å²) in [5.74, 6) is 0. The van der Waals surface area contributed by atoms with Crippen LogP contribution >= 0.6 is 27.3 Å². The number of carbonyl (C=O) groups excluding carboxylic acids is 1. The van der Waals surface area contributed by atoms with E-state index in [0.29, 0.717) is 0 Å². The molecule has 0 bridgehead atoms. The lowest BCUT2D eigenvalue weighted by molar-refractivity contribution is 0.112. The largest absolute Gasteiger partial charge is 0.298 e. The molecule has 0 aliphatic rings. The molecule has 1 aromatic carbocycles. The van der Waals surface area contributed by atoms with Crippen molar-refractivity contribution < 1.29 is 4.79 Å². The second-order valence-corrected chi connectivity index (χ2v) is 4.28. The Bertz CT molecular complexity index is 433. The van der Waals surface area contributed by atoms with E-state index >= 15 is 0 Å². The fourth-order valence-electron chi connectivity index (χ4n) is 1.11. The normalized spacial score (nSPS) is 10.4. The zero-order valence-electron chi connectivity index (χ0n) is 6.08. The molecule has 0 atom stereocenters. The number of thiophene rings is 1. The van der Waals surface area contributed by atoms with E-state index in [1.54, 1.807) is 11.3 Å². The van der Waals surface area contributed by atoms with Gasteiger partial charge in [0.15, 0.2) is 6.29 Å². The molecule has 60 valence electrons. The Morgan fingerprint density at radius 2 is 2.25 bits per heavy atom. The average molecular weight is 241 g/mol. The molecule has 0 aliphatic carbocycles. The summed E-state index contributed by atoms with van der Waals surface area (Å²) < 4.78 is 2.20. The Balaban J connectivity index is 2.81. The highest BCUT2D eigenvalue weighted by atomic mass is 79.9. The molecule has 12 heavy (non-hydrogen) atoms. The fourth-order valence-corrected chi connectivity index (χ4v) is 2.57. The summed E-state index contributed by atoms with van der Waals surface area (Å²) in [5, 5.41) is 2.92. The van der Waals surface area contributed by atoms with Crippen LogP contribution in [0.2, 0.25) is 0 Å². The van der Waals surface area contributed by atoms with E-state index in [2.05, 4.69) is 15.9 Å². The van der Waals surface area contributed by atoms with Crippen molar-refractivity contribution >= 4 is 43.6 Å². The third-order valence-electron chi connectivity index (χ3n) is 1.69. The Labute approximate surface area is 82.1 Å². The van der Waals surface area contributed by atoms with Crippen molar-refractivity contribution in [2.45, 2.75) is 0 Å². The Kier molecular flexibility index (Phi) is 1.98. The monoisotopic (exact) mass is 240 g/mol. The second kappa shape index (κ2) is 2.99. The van der Waals surface area contributed by atoms with E-state index < -0.39 is 0 Å². The third kappa shape index (κ3) is 1.19. The Morgan fingerprint density at radius 1 is 1.42 bits per heavy atom. The number of rotatable bonds is 1. The summed E-state index contributed by atoms with van der Waals surface area (Å²) in [4.78, 5) is 10.6. The maximum absolute atomic E-state index is 10.6. The summed E-state index contributed by atoms with van der Waals surface area (Å²) in [6, 6.07) is 5.93. The van der Waals surface area contributed by atoms with Crippen LogP contribution < -0.4 is 0 Å². The zero-order chi connectivity index (χ0) is 8.55. The molecule has 3 heteroatoms. The van der Waals surface area contributed by atoms with Gasteiger partial charge in [-0.15, -0.1) is 11.3 Å². The first-order valence-electron chi connectivity index (χ1n) is 3.43. The number of benzene rings is 1. The van der Waals surface area contributed by atoms with E-state index in [0.717, 1.165) is 26.4 Å². The SMILES string of the molecule is O=Cc1csc2cc(Br)ccc12. The average Bonchev–Trinajstić information content (AvgIpc) is 2.46. The molecule has 0 saturated heterocycles. The quantitative estimate of drug-likeness (QED) is 0.698. The number of hydrogen-bond acceptors (Lipinski definition) is 2. The summed E-state index contributed by atoms with van der Waals surface area (Å²) in [6.45, 7) is 0. The molecule has 0 aliphatic heterocycles. The van der Waals surface area contributed by atoms with Crippen molar-refractivity contribution in [3.8, 4) is 0 Å². The van der Waals surface area contributed by atoms with E-state index in [-0.39, 0.29) is 0 Å². The maximum Gasteiger partial charge on any atom is 0.151 e. The third-order valence-corrected chi connectivity index (χ3v) is 3.15. The predicted molar refractivity (Wildman–Crippen MR) is 54.9 cm³/mol. The standard InChI is InChI=1S/C9H5BrOS/c10-7-1-2-8-6(4-11)5-12-9(8)3-7/h1-5H. The number of halogens is 1. The molecule has 1 heterocycles. The van der Waals surface area contributed by atoms with Crippen LogP contribution in [-0.4, -0.2) is 6.29 Å². The minimum absolute atomic E-state index is 0.780. The molecule has 2 rings (SSSR count). The number of aldehydes is 1. The van der Waals surface area contributed by atoms with Gasteiger partial charge < -0.3 is 0 Å².